The number of allylic oxidation sites excluding steroid dienone is 6. The fourth-order valence-electron chi connectivity index (χ4n) is 13.4. The van der Waals surface area contributed by atoms with Crippen molar-refractivity contribution in [1.29, 1.82) is 0 Å². The van der Waals surface area contributed by atoms with Crippen molar-refractivity contribution in [2.75, 3.05) is 51.5 Å². The number of carbonyl (C=O) groups excluding carboxylic acids is 7. The van der Waals surface area contributed by atoms with E-state index in [9.17, 15) is 33.6 Å². The van der Waals surface area contributed by atoms with Crippen LogP contribution in [-0.4, -0.2) is 180 Å². The number of hydrogen-bond donors (Lipinski definition) is 4. The third-order valence-corrected chi connectivity index (χ3v) is 42.1. The summed E-state index contributed by atoms with van der Waals surface area (Å²) in [7, 11) is -5.75. The molecule has 0 radical (unpaired) electrons. The first kappa shape index (κ1) is 127. The van der Waals surface area contributed by atoms with Gasteiger partial charge in [0.1, 0.15) is 16.8 Å². The lowest BCUT2D eigenvalue weighted by Crippen LogP contribution is -2.44. The monoisotopic (exact) mass is 2100 g/mol. The SMILES string of the molecule is BrCCCOC1CCCCO1.C=CC[Si](C)(C)c1ccc(Br)cc1.C=CC[Si](C)(C)c1ccc(CCCO)cc1.C=CC[Si](C)(C)c1ccc(CCCOP)cc1.C=CC[Si](C)(C)c1ccc(CCN(C(=O)OC(C)(C)C)C(=O)C(C)=O)cc1.C=CC[Si](C)(C)c1ccc(CCNC(=O)OC(C)(C)C)cc1.C=CC[Si](C)(C)c1ccc(CCO)cc1.CC(=O)C(=O)NC(=O)OC(C)(C)C.[3HH]. The van der Waals surface area contributed by atoms with Crippen LogP contribution in [-0.2, 0) is 79.5 Å². The molecule has 1 aliphatic rings. The summed E-state index contributed by atoms with van der Waals surface area (Å²) in [5, 5.41) is 31.9. The molecule has 27 heteroatoms. The molecule has 1 saturated heterocycles. The Hall–Kier alpha value is -7.26. The van der Waals surface area contributed by atoms with Gasteiger partial charge in [-0.2, -0.15) is 0 Å². The van der Waals surface area contributed by atoms with Gasteiger partial charge >= 0.3 is 18.3 Å². The van der Waals surface area contributed by atoms with E-state index in [1.54, 1.807) is 46.9 Å². The van der Waals surface area contributed by atoms with Gasteiger partial charge in [-0.25, -0.2) is 19.3 Å². The van der Waals surface area contributed by atoms with Crippen LogP contribution in [0.4, 0.5) is 14.4 Å². The van der Waals surface area contributed by atoms with Gasteiger partial charge in [-0.1, -0.05) is 311 Å². The van der Waals surface area contributed by atoms with Gasteiger partial charge in [0.05, 0.1) is 61.7 Å². The normalized spacial score (nSPS) is 12.6. The number of alkyl halides is 1. The van der Waals surface area contributed by atoms with Crippen molar-refractivity contribution in [3.63, 3.8) is 0 Å². The fourth-order valence-corrected chi connectivity index (χ4v) is 26.2. The summed E-state index contributed by atoms with van der Waals surface area (Å²) in [5.41, 5.74) is 4.28. The highest BCUT2D eigenvalue weighted by Gasteiger charge is 2.32. The summed E-state index contributed by atoms with van der Waals surface area (Å²) >= 11 is 6.80. The standard InChI is InChI=1S/C21H31NO4Si.C18H29NO2Si.C14H23OPSi.C14H22OSi.C13H20OSi.C11H15BrSi.C8H15BrO2.C8H13NO4.H2/c1-8-15-27(6,7)18-11-9-17(10-12-18)13-14-22(19(24)16(2)23)20(25)26-21(3,4)5;1-7-14-22(5,6)16-10-8-15(9-11-16)12-13-19-17(20)21-18(2,3)4;1-4-12-17(2,3)14-9-7-13(8-10-14)6-5-11-15-16;1-4-12-16(2,3)14-9-7-13(8-10-14)6-5-11-15;1-4-11-15(2,3)13-7-5-12(6-8-13)9-10-14;1-4-9-13(2,3)11-7-5-10(12)6-8-11;9-5-3-7-11-8-4-1-2-6-10-8;1-5(10)6(11)9-7(12)13-8(2,3)4;/h8-12H,1,13-15H2,2-7H3;7-11H,1,12-14H2,2-6H3,(H,19,20);4,7-10H,1,5-6,11-12,16H2,2-3H3;4,7-10,15H,1,5-6,11-12H2,2-3H3;4-8,14H,1,9-11H2,2-3H3;4-8H,1,9H2,2-3H3;8H,1-7H2;1-4H3,(H,9,11,12);1H/i;;;;;;;;1+2. The number of Topliss-reactive ketones (excluding diaryl/α,β-unsaturated/α-hetero) is 2. The van der Waals surface area contributed by atoms with E-state index < -0.39 is 101 Å². The molecule has 1 aliphatic heterocycles. The number of aliphatic hydroxyl groups excluding tert-OH is 2. The van der Waals surface area contributed by atoms with E-state index in [0.717, 1.165) is 142 Å². The van der Waals surface area contributed by atoms with Crippen LogP contribution >= 0.6 is 41.3 Å². The Morgan fingerprint density at radius 2 is 0.776 bits per heavy atom. The van der Waals surface area contributed by atoms with Gasteiger partial charge in [0, 0.05) is 67.5 Å². The van der Waals surface area contributed by atoms with Gasteiger partial charge in [-0.3, -0.25) is 24.5 Å². The Labute approximate surface area is 835 Å². The van der Waals surface area contributed by atoms with Gasteiger partial charge < -0.3 is 43.7 Å². The highest BCUT2D eigenvalue weighted by Crippen LogP contribution is 2.21. The minimum Gasteiger partial charge on any atom is -0.444 e. The highest BCUT2D eigenvalue weighted by molar-refractivity contribution is 9.10. The van der Waals surface area contributed by atoms with Crippen LogP contribution in [0.2, 0.25) is 115 Å². The second kappa shape index (κ2) is 65.6. The van der Waals surface area contributed by atoms with Crippen molar-refractivity contribution in [1.82, 2.24) is 15.5 Å². The molecule has 5 amide bonds. The lowest BCUT2D eigenvalue weighted by molar-refractivity contribution is -0.162. The number of carbonyl (C=O) groups is 7. The van der Waals surface area contributed by atoms with Gasteiger partial charge in [0.2, 0.25) is 11.6 Å². The first-order valence-corrected chi connectivity index (χ1v) is 68.4. The lowest BCUT2D eigenvalue weighted by Gasteiger charge is -2.25. The van der Waals surface area contributed by atoms with Crippen molar-refractivity contribution < 1.29 is 73.4 Å². The number of rotatable bonds is 39. The zero-order valence-corrected chi connectivity index (χ0v) is 96.1. The van der Waals surface area contributed by atoms with E-state index in [2.05, 4.69) is 304 Å². The lowest BCUT2D eigenvalue weighted by atomic mass is 10.1. The molecular formula is C107H170Br2N3O15PSi6. The van der Waals surface area contributed by atoms with Crippen LogP contribution in [0.1, 0.15) is 144 Å². The van der Waals surface area contributed by atoms with Crippen molar-refractivity contribution in [2.45, 2.75) is 285 Å². The number of benzene rings is 6. The van der Waals surface area contributed by atoms with E-state index in [-0.39, 0.29) is 33.6 Å². The fraction of sp³-hybridized carbons (Fsp3) is 0.486. The zero-order valence-electron chi connectivity index (χ0n) is 85.8. The number of aryl methyl sites for hydroxylation is 2. The number of ether oxygens (including phenoxy) is 5. The molecule has 7 rings (SSSR count). The number of alkyl carbamates (subject to hydrolysis) is 2. The summed E-state index contributed by atoms with van der Waals surface area (Å²) in [4.78, 5) is 80.3. The van der Waals surface area contributed by atoms with E-state index in [1.165, 1.54) is 66.2 Å². The Balaban J connectivity index is 0. The van der Waals surface area contributed by atoms with Crippen molar-refractivity contribution in [3.8, 4) is 0 Å². The predicted molar refractivity (Wildman–Crippen MR) is 595 cm³/mol. The number of ketones is 2. The molecular weight excluding hydrogens is 1930 g/mol. The number of imide groups is 2. The molecule has 0 saturated carbocycles. The van der Waals surface area contributed by atoms with Crippen LogP contribution in [0.3, 0.4) is 0 Å². The molecule has 6 aromatic carbocycles. The summed E-state index contributed by atoms with van der Waals surface area (Å²) in [6.45, 7) is 72.9. The van der Waals surface area contributed by atoms with Gasteiger partial charge in [-0.15, -0.1) is 39.5 Å². The van der Waals surface area contributed by atoms with Gasteiger partial charge in [-0.05, 0) is 209 Å². The minimum atomic E-state index is -1.53. The molecule has 18 nitrogen and oxygen atoms in total. The van der Waals surface area contributed by atoms with Gasteiger partial charge in [0.25, 0.3) is 11.8 Å². The zero-order chi connectivity index (χ0) is 102. The summed E-state index contributed by atoms with van der Waals surface area (Å²) in [6, 6.07) is 59.0. The van der Waals surface area contributed by atoms with Crippen LogP contribution in [0.5, 0.6) is 0 Å². The van der Waals surface area contributed by atoms with Crippen LogP contribution in [0, 0.1) is 0 Å². The molecule has 134 heavy (non-hydrogen) atoms. The maximum atomic E-state index is 12.3. The Morgan fingerprint density at radius 1 is 0.448 bits per heavy atom. The molecule has 2 unspecified atom stereocenters. The number of nitrogens with one attached hydrogen (secondary N) is 2. The Bertz CT molecular complexity index is 4470. The minimum absolute atomic E-state index is 0. The summed E-state index contributed by atoms with van der Waals surface area (Å²) in [6.07, 6.45) is 20.8. The van der Waals surface area contributed by atoms with E-state index in [1.807, 2.05) is 63.3 Å². The molecule has 0 aromatic heterocycles. The van der Waals surface area contributed by atoms with E-state index in [0.29, 0.717) is 13.0 Å². The molecule has 1 heterocycles. The maximum Gasteiger partial charge on any atom is 0.417 e. The molecule has 1 fully saturated rings. The van der Waals surface area contributed by atoms with Gasteiger partial charge in [0.15, 0.2) is 6.29 Å². The Kier molecular flexibility index (Phi) is 62.0. The van der Waals surface area contributed by atoms with E-state index in [4.69, 9.17) is 38.4 Å². The van der Waals surface area contributed by atoms with Crippen molar-refractivity contribution in [3.05, 3.63) is 254 Å². The van der Waals surface area contributed by atoms with Crippen molar-refractivity contribution >= 4 is 163 Å². The number of amides is 5. The number of hydrogen-bond acceptors (Lipinski definition) is 15. The molecule has 0 bridgehead atoms. The largest absolute Gasteiger partial charge is 0.444 e. The third kappa shape index (κ3) is 56.6. The second-order valence-corrected chi connectivity index (χ2v) is 70.7. The molecule has 746 valence electrons. The first-order valence-electron chi connectivity index (χ1n) is 46.8. The quantitative estimate of drug-likeness (QED) is 0.00533. The number of halogens is 2. The average Bonchev–Trinajstić information content (AvgIpc) is 0.846. The molecule has 6 aromatic rings. The molecule has 0 aliphatic carbocycles. The molecule has 0 spiro atoms. The number of aliphatic hydroxyl groups is 2. The average molecular weight is 2100 g/mol. The molecule has 2 atom stereocenters. The maximum absolute atomic E-state index is 12.3. The summed E-state index contributed by atoms with van der Waals surface area (Å²) < 4.78 is 32.2. The van der Waals surface area contributed by atoms with Crippen LogP contribution < -0.4 is 41.8 Å². The van der Waals surface area contributed by atoms with E-state index >= 15 is 0 Å². The topological polar surface area (TPSA) is 243 Å². The van der Waals surface area contributed by atoms with Crippen LogP contribution in [0.15, 0.2) is 226 Å². The third-order valence-electron chi connectivity index (χ3n) is 21.5. The first-order chi connectivity index (χ1) is 62.5. The Morgan fingerprint density at radius 3 is 1.07 bits per heavy atom. The molecule has 4 N–H and O–H groups in total. The highest BCUT2D eigenvalue weighted by atomic mass is 79.9. The van der Waals surface area contributed by atoms with Crippen molar-refractivity contribution in [2.24, 2.45) is 0 Å². The predicted octanol–water partition coefficient (Wildman–Crippen LogP) is 22.8. The second-order valence-electron chi connectivity index (χ2n) is 40.2. The smallest absolute Gasteiger partial charge is 0.417 e. The van der Waals surface area contributed by atoms with Crippen LogP contribution in [0.25, 0.3) is 0 Å². The summed E-state index contributed by atoms with van der Waals surface area (Å²) in [5.74, 6) is -3.23. The number of nitrogens with zero attached hydrogens (tertiary/aromatic N) is 1.